The van der Waals surface area contributed by atoms with Crippen LogP contribution in [0.5, 0.6) is 0 Å². The standard InChI is InChI=1S/C21H29ClN2O2/c1-21(2,3)26-20(25)23-12-13-24-18(8-5-9-19(24)15-23)11-10-16-6-4-7-17(22)14-16/h4,6-7,10-11,14,18-19H,5,8-9,12-13,15H2,1-3H3/b11-10+/t18?,19-/m0/s1. The molecule has 142 valence electrons. The predicted molar refractivity (Wildman–Crippen MR) is 106 cm³/mol. The zero-order valence-corrected chi connectivity index (χ0v) is 16.7. The summed E-state index contributed by atoms with van der Waals surface area (Å²) in [7, 11) is 0. The van der Waals surface area contributed by atoms with Gasteiger partial charge in [-0.25, -0.2) is 4.79 Å². The molecule has 0 aromatic heterocycles. The number of piperazine rings is 1. The maximum absolute atomic E-state index is 12.4. The lowest BCUT2D eigenvalue weighted by molar-refractivity contribution is -0.0101. The molecule has 2 saturated heterocycles. The number of nitrogens with zero attached hydrogens (tertiary/aromatic N) is 2. The summed E-state index contributed by atoms with van der Waals surface area (Å²) in [6.45, 7) is 8.13. The number of ether oxygens (including phenoxy) is 1. The number of carbonyl (C=O) groups is 1. The lowest BCUT2D eigenvalue weighted by Gasteiger charge is -2.47. The van der Waals surface area contributed by atoms with Gasteiger partial charge in [0.1, 0.15) is 5.60 Å². The molecule has 0 aliphatic carbocycles. The molecule has 1 aromatic rings. The molecule has 1 aromatic carbocycles. The first kappa shape index (κ1) is 19.2. The Morgan fingerprint density at radius 3 is 2.81 bits per heavy atom. The third-order valence-corrected chi connectivity index (χ3v) is 5.24. The number of benzene rings is 1. The summed E-state index contributed by atoms with van der Waals surface area (Å²) in [6.07, 6.45) is 7.77. The van der Waals surface area contributed by atoms with Gasteiger partial charge in [-0.1, -0.05) is 35.9 Å². The van der Waals surface area contributed by atoms with Gasteiger partial charge in [0.05, 0.1) is 0 Å². The fourth-order valence-electron chi connectivity index (χ4n) is 3.82. The van der Waals surface area contributed by atoms with Gasteiger partial charge < -0.3 is 9.64 Å². The van der Waals surface area contributed by atoms with Crippen LogP contribution in [0.4, 0.5) is 4.79 Å². The first-order valence-electron chi connectivity index (χ1n) is 9.49. The van der Waals surface area contributed by atoms with Gasteiger partial charge in [0.2, 0.25) is 0 Å². The van der Waals surface area contributed by atoms with E-state index in [0.29, 0.717) is 12.1 Å². The van der Waals surface area contributed by atoms with Gasteiger partial charge in [0, 0.05) is 36.7 Å². The fourth-order valence-corrected chi connectivity index (χ4v) is 4.02. The number of carbonyl (C=O) groups excluding carboxylic acids is 1. The molecule has 0 spiro atoms. The van der Waals surface area contributed by atoms with Gasteiger partial charge in [-0.2, -0.15) is 0 Å². The Labute approximate surface area is 161 Å². The second-order valence-electron chi connectivity index (χ2n) is 8.23. The number of fused-ring (bicyclic) bond motifs is 1. The molecule has 2 atom stereocenters. The Morgan fingerprint density at radius 1 is 1.27 bits per heavy atom. The molecule has 2 aliphatic rings. The van der Waals surface area contributed by atoms with E-state index in [-0.39, 0.29) is 6.09 Å². The fraction of sp³-hybridized carbons (Fsp3) is 0.571. The van der Waals surface area contributed by atoms with Crippen LogP contribution >= 0.6 is 11.6 Å². The molecule has 4 nitrogen and oxygen atoms in total. The molecule has 5 heteroatoms. The maximum atomic E-state index is 12.4. The van der Waals surface area contributed by atoms with E-state index in [1.807, 2.05) is 43.9 Å². The van der Waals surface area contributed by atoms with E-state index in [0.717, 1.165) is 36.6 Å². The molecule has 2 fully saturated rings. The Kier molecular flexibility index (Phi) is 5.93. The molecule has 1 unspecified atom stereocenters. The zero-order valence-electron chi connectivity index (χ0n) is 16.0. The van der Waals surface area contributed by atoms with E-state index in [2.05, 4.69) is 23.1 Å². The average Bonchev–Trinajstić information content (AvgIpc) is 2.58. The highest BCUT2D eigenvalue weighted by Gasteiger charge is 2.36. The maximum Gasteiger partial charge on any atom is 0.410 e. The summed E-state index contributed by atoms with van der Waals surface area (Å²) in [5.74, 6) is 0. The molecule has 3 rings (SSSR count). The molecule has 1 amide bonds. The van der Waals surface area contributed by atoms with Crippen LogP contribution in [0.15, 0.2) is 30.3 Å². The zero-order chi connectivity index (χ0) is 18.7. The molecule has 0 radical (unpaired) electrons. The number of piperidine rings is 1. The molecule has 2 aliphatic heterocycles. The van der Waals surface area contributed by atoms with Crippen molar-refractivity contribution in [2.75, 3.05) is 19.6 Å². The highest BCUT2D eigenvalue weighted by atomic mass is 35.5. The number of hydrogen-bond donors (Lipinski definition) is 0. The summed E-state index contributed by atoms with van der Waals surface area (Å²) in [6, 6.07) is 8.77. The minimum atomic E-state index is -0.441. The quantitative estimate of drug-likeness (QED) is 0.741. The summed E-state index contributed by atoms with van der Waals surface area (Å²) in [5.41, 5.74) is 0.690. The second-order valence-corrected chi connectivity index (χ2v) is 8.67. The number of rotatable bonds is 2. The molecular formula is C21H29ClN2O2. The topological polar surface area (TPSA) is 32.8 Å². The van der Waals surface area contributed by atoms with Crippen molar-refractivity contribution in [3.05, 3.63) is 40.9 Å². The van der Waals surface area contributed by atoms with E-state index in [1.54, 1.807) is 0 Å². The largest absolute Gasteiger partial charge is 0.444 e. The van der Waals surface area contributed by atoms with Crippen molar-refractivity contribution in [3.8, 4) is 0 Å². The molecule has 0 bridgehead atoms. The van der Waals surface area contributed by atoms with Crippen molar-refractivity contribution in [2.24, 2.45) is 0 Å². The smallest absolute Gasteiger partial charge is 0.410 e. The van der Waals surface area contributed by atoms with Crippen molar-refractivity contribution >= 4 is 23.8 Å². The minimum absolute atomic E-state index is 0.186. The Morgan fingerprint density at radius 2 is 2.08 bits per heavy atom. The van der Waals surface area contributed by atoms with E-state index in [4.69, 9.17) is 16.3 Å². The SMILES string of the molecule is CC(C)(C)OC(=O)N1CCN2C(/C=C/c3cccc(Cl)c3)CCC[C@H]2C1. The van der Waals surface area contributed by atoms with Crippen molar-refractivity contribution in [2.45, 2.75) is 57.7 Å². The van der Waals surface area contributed by atoms with Crippen LogP contribution in [0.25, 0.3) is 6.08 Å². The third kappa shape index (κ3) is 5.01. The number of amides is 1. The van der Waals surface area contributed by atoms with Crippen LogP contribution in [0, 0.1) is 0 Å². The molecule has 26 heavy (non-hydrogen) atoms. The Hall–Kier alpha value is -1.52. The first-order chi connectivity index (χ1) is 12.3. The Balaban J connectivity index is 1.62. The summed E-state index contributed by atoms with van der Waals surface area (Å²) >= 11 is 6.07. The van der Waals surface area contributed by atoms with Gasteiger partial charge in [0.15, 0.2) is 0 Å². The van der Waals surface area contributed by atoms with Crippen LogP contribution in [0.2, 0.25) is 5.02 Å². The second kappa shape index (κ2) is 8.01. The van der Waals surface area contributed by atoms with Crippen LogP contribution < -0.4 is 0 Å². The van der Waals surface area contributed by atoms with E-state index < -0.39 is 5.60 Å². The van der Waals surface area contributed by atoms with Crippen molar-refractivity contribution < 1.29 is 9.53 Å². The highest BCUT2D eigenvalue weighted by Crippen LogP contribution is 2.28. The predicted octanol–water partition coefficient (Wildman–Crippen LogP) is 4.83. The van der Waals surface area contributed by atoms with Crippen molar-refractivity contribution in [1.29, 1.82) is 0 Å². The van der Waals surface area contributed by atoms with Gasteiger partial charge in [0.25, 0.3) is 0 Å². The lowest BCUT2D eigenvalue weighted by Crippen LogP contribution is -2.59. The monoisotopic (exact) mass is 376 g/mol. The number of hydrogen-bond acceptors (Lipinski definition) is 3. The third-order valence-electron chi connectivity index (χ3n) is 5.00. The molecule has 2 heterocycles. The van der Waals surface area contributed by atoms with Crippen molar-refractivity contribution in [3.63, 3.8) is 0 Å². The van der Waals surface area contributed by atoms with Gasteiger partial charge in [-0.15, -0.1) is 0 Å². The summed E-state index contributed by atoms with van der Waals surface area (Å²) < 4.78 is 5.54. The summed E-state index contributed by atoms with van der Waals surface area (Å²) in [5, 5.41) is 0.764. The van der Waals surface area contributed by atoms with Gasteiger partial charge in [-0.3, -0.25) is 4.90 Å². The van der Waals surface area contributed by atoms with Gasteiger partial charge >= 0.3 is 6.09 Å². The average molecular weight is 377 g/mol. The highest BCUT2D eigenvalue weighted by molar-refractivity contribution is 6.30. The van der Waals surface area contributed by atoms with Crippen molar-refractivity contribution in [1.82, 2.24) is 9.80 Å². The minimum Gasteiger partial charge on any atom is -0.444 e. The van der Waals surface area contributed by atoms with Crippen LogP contribution in [-0.2, 0) is 4.74 Å². The normalized spacial score (nSPS) is 24.5. The van der Waals surface area contributed by atoms with E-state index in [1.165, 1.54) is 12.8 Å². The summed E-state index contributed by atoms with van der Waals surface area (Å²) in [4.78, 5) is 16.8. The van der Waals surface area contributed by atoms with Crippen LogP contribution in [0.1, 0.15) is 45.6 Å². The Bertz CT molecular complexity index is 668. The molecule has 0 N–H and O–H groups in total. The van der Waals surface area contributed by atoms with Gasteiger partial charge in [-0.05, 0) is 57.7 Å². The van der Waals surface area contributed by atoms with Crippen LogP contribution in [0.3, 0.4) is 0 Å². The van der Waals surface area contributed by atoms with E-state index >= 15 is 0 Å². The first-order valence-corrected chi connectivity index (χ1v) is 9.87. The van der Waals surface area contributed by atoms with E-state index in [9.17, 15) is 4.79 Å². The lowest BCUT2D eigenvalue weighted by atomic mass is 9.93. The van der Waals surface area contributed by atoms with Crippen LogP contribution in [-0.4, -0.2) is 53.2 Å². The molecular weight excluding hydrogens is 348 g/mol. The molecule has 0 saturated carbocycles. The number of halogens is 1.